The van der Waals surface area contributed by atoms with Crippen LogP contribution in [0.15, 0.2) is 0 Å². The molecule has 0 aromatic rings. The summed E-state index contributed by atoms with van der Waals surface area (Å²) in [5, 5.41) is 0. The fourth-order valence-electron chi connectivity index (χ4n) is 0.519. The number of alkyl halides is 3. The Kier molecular flexibility index (Phi) is 4.44. The third-order valence-electron chi connectivity index (χ3n) is 1.02. The molecule has 0 fully saturated rings. The Morgan fingerprint density at radius 3 is 1.92 bits per heavy atom. The van der Waals surface area contributed by atoms with Crippen molar-refractivity contribution >= 4 is 11.8 Å². The molecule has 0 saturated heterocycles. The van der Waals surface area contributed by atoms with Crippen LogP contribution in [0.25, 0.3) is 0 Å². The average molecular weight is 198 g/mol. The van der Waals surface area contributed by atoms with E-state index in [2.05, 4.69) is 4.74 Å². The first-order chi connectivity index (χ1) is 5.86. The highest BCUT2D eigenvalue weighted by molar-refractivity contribution is 6.03. The minimum absolute atomic E-state index is 0.642. The number of carbonyl (C=O) groups is 2. The third-order valence-corrected chi connectivity index (χ3v) is 1.02. The third kappa shape index (κ3) is 3.91. The summed E-state index contributed by atoms with van der Waals surface area (Å²) in [5.41, 5.74) is 0. The summed E-state index contributed by atoms with van der Waals surface area (Å²) in [6, 6.07) is 0. The Morgan fingerprint density at radius 2 is 1.62 bits per heavy atom. The van der Waals surface area contributed by atoms with Crippen molar-refractivity contribution in [1.29, 1.82) is 0 Å². The van der Waals surface area contributed by atoms with E-state index in [1.807, 2.05) is 0 Å². The van der Waals surface area contributed by atoms with Crippen LogP contribution in [0.3, 0.4) is 0 Å². The smallest absolute Gasteiger partial charge is 0.349 e. The summed E-state index contributed by atoms with van der Waals surface area (Å²) in [4.78, 5) is 20.8. The molecule has 0 N–H and O–H groups in total. The molecule has 0 saturated carbocycles. The number of ether oxygens (including phenoxy) is 1. The standard InChI is InChI=1S/C7H9F3O3/c1-3(2)13-7(12)4(8)5(11)6(9)10/h3-4,6H,1-2H3. The average Bonchev–Trinajstić information content (AvgIpc) is 2.00. The highest BCUT2D eigenvalue weighted by Gasteiger charge is 2.34. The second-order valence-corrected chi connectivity index (χ2v) is 2.55. The van der Waals surface area contributed by atoms with Crippen LogP contribution in [0.4, 0.5) is 13.2 Å². The molecular weight excluding hydrogens is 189 g/mol. The van der Waals surface area contributed by atoms with Crippen LogP contribution in [0.1, 0.15) is 13.8 Å². The molecule has 0 aromatic carbocycles. The van der Waals surface area contributed by atoms with E-state index in [0.29, 0.717) is 0 Å². The van der Waals surface area contributed by atoms with E-state index in [4.69, 9.17) is 0 Å². The number of hydrogen-bond acceptors (Lipinski definition) is 3. The van der Waals surface area contributed by atoms with Gasteiger partial charge in [-0.15, -0.1) is 0 Å². The van der Waals surface area contributed by atoms with Gasteiger partial charge in [0.1, 0.15) is 0 Å². The van der Waals surface area contributed by atoms with Crippen molar-refractivity contribution in [3.8, 4) is 0 Å². The Labute approximate surface area is 72.9 Å². The molecule has 0 aromatic heterocycles. The minimum atomic E-state index is -3.49. The first kappa shape index (κ1) is 11.9. The van der Waals surface area contributed by atoms with Crippen LogP contribution in [0, 0.1) is 0 Å². The van der Waals surface area contributed by atoms with Gasteiger partial charge >= 0.3 is 5.97 Å². The molecular formula is C7H9F3O3. The van der Waals surface area contributed by atoms with Crippen molar-refractivity contribution in [3.05, 3.63) is 0 Å². The minimum Gasteiger partial charge on any atom is -0.460 e. The first-order valence-electron chi connectivity index (χ1n) is 3.52. The molecule has 13 heavy (non-hydrogen) atoms. The maximum absolute atomic E-state index is 12.5. The lowest BCUT2D eigenvalue weighted by Crippen LogP contribution is -2.33. The van der Waals surface area contributed by atoms with Crippen molar-refractivity contribution < 1.29 is 27.5 Å². The van der Waals surface area contributed by atoms with Crippen LogP contribution in [-0.2, 0) is 14.3 Å². The van der Waals surface area contributed by atoms with E-state index in [1.54, 1.807) is 0 Å². The molecule has 0 aliphatic heterocycles. The van der Waals surface area contributed by atoms with Crippen molar-refractivity contribution in [2.24, 2.45) is 0 Å². The molecule has 1 unspecified atom stereocenters. The number of carbonyl (C=O) groups excluding carboxylic acids is 2. The SMILES string of the molecule is CC(C)OC(=O)C(F)C(=O)C(F)F. The van der Waals surface area contributed by atoms with Crippen molar-refractivity contribution in [2.75, 3.05) is 0 Å². The molecule has 3 nitrogen and oxygen atoms in total. The van der Waals surface area contributed by atoms with Gasteiger partial charge in [-0.2, -0.15) is 0 Å². The van der Waals surface area contributed by atoms with Gasteiger partial charge in [0.15, 0.2) is 0 Å². The summed E-state index contributed by atoms with van der Waals surface area (Å²) in [7, 11) is 0. The van der Waals surface area contributed by atoms with Gasteiger partial charge in [0, 0.05) is 0 Å². The monoisotopic (exact) mass is 198 g/mol. The topological polar surface area (TPSA) is 43.4 Å². The molecule has 76 valence electrons. The normalized spacial score (nSPS) is 13.2. The largest absolute Gasteiger partial charge is 0.460 e. The Balaban J connectivity index is 4.18. The summed E-state index contributed by atoms with van der Waals surface area (Å²) in [5.74, 6) is -3.63. The fourth-order valence-corrected chi connectivity index (χ4v) is 0.519. The van der Waals surface area contributed by atoms with E-state index in [0.717, 1.165) is 0 Å². The highest BCUT2D eigenvalue weighted by Crippen LogP contribution is 2.06. The zero-order valence-corrected chi connectivity index (χ0v) is 7.09. The van der Waals surface area contributed by atoms with Gasteiger partial charge in [-0.3, -0.25) is 4.79 Å². The predicted octanol–water partition coefficient (Wildman–Crippen LogP) is 1.11. The fraction of sp³-hybridized carbons (Fsp3) is 0.714. The van der Waals surface area contributed by atoms with E-state index in [9.17, 15) is 22.8 Å². The zero-order valence-electron chi connectivity index (χ0n) is 7.09. The Morgan fingerprint density at radius 1 is 1.15 bits per heavy atom. The van der Waals surface area contributed by atoms with Crippen LogP contribution in [0.5, 0.6) is 0 Å². The van der Waals surface area contributed by atoms with Crippen LogP contribution in [-0.4, -0.2) is 30.5 Å². The van der Waals surface area contributed by atoms with Gasteiger partial charge in [0.05, 0.1) is 6.10 Å². The highest BCUT2D eigenvalue weighted by atomic mass is 19.3. The first-order valence-corrected chi connectivity index (χ1v) is 3.52. The molecule has 0 aliphatic rings. The van der Waals surface area contributed by atoms with Gasteiger partial charge < -0.3 is 4.74 Å². The molecule has 6 heteroatoms. The number of Topliss-reactive ketones (excluding diaryl/α,β-unsaturated/α-hetero) is 1. The number of esters is 1. The number of rotatable bonds is 4. The van der Waals surface area contributed by atoms with Gasteiger partial charge in [0.25, 0.3) is 12.6 Å². The Bertz CT molecular complexity index is 203. The summed E-state index contributed by atoms with van der Waals surface area (Å²) in [6.07, 6.45) is -7.02. The van der Waals surface area contributed by atoms with Gasteiger partial charge in [0.2, 0.25) is 5.78 Å². The maximum atomic E-state index is 12.5. The number of ketones is 1. The van der Waals surface area contributed by atoms with Crippen LogP contribution >= 0.6 is 0 Å². The van der Waals surface area contributed by atoms with Crippen LogP contribution in [0.2, 0.25) is 0 Å². The van der Waals surface area contributed by atoms with E-state index in [1.165, 1.54) is 13.8 Å². The quantitative estimate of drug-likeness (QED) is 0.502. The van der Waals surface area contributed by atoms with Crippen LogP contribution < -0.4 is 0 Å². The molecule has 0 bridgehead atoms. The van der Waals surface area contributed by atoms with Gasteiger partial charge in [-0.1, -0.05) is 0 Å². The van der Waals surface area contributed by atoms with Gasteiger partial charge in [-0.25, -0.2) is 18.0 Å². The zero-order chi connectivity index (χ0) is 10.6. The molecule has 0 radical (unpaired) electrons. The Hall–Kier alpha value is -1.07. The second kappa shape index (κ2) is 4.84. The summed E-state index contributed by atoms with van der Waals surface area (Å²) in [6.45, 7) is 2.83. The van der Waals surface area contributed by atoms with Crippen molar-refractivity contribution in [3.63, 3.8) is 0 Å². The van der Waals surface area contributed by atoms with E-state index in [-0.39, 0.29) is 0 Å². The molecule has 0 amide bonds. The summed E-state index contributed by atoms with van der Waals surface area (Å²) < 4.78 is 39.9. The number of halogens is 3. The van der Waals surface area contributed by atoms with Gasteiger partial charge in [-0.05, 0) is 13.8 Å². The van der Waals surface area contributed by atoms with Crippen molar-refractivity contribution in [1.82, 2.24) is 0 Å². The molecule has 1 atom stereocenters. The molecule has 0 rings (SSSR count). The lowest BCUT2D eigenvalue weighted by atomic mass is 10.2. The predicted molar refractivity (Wildman–Crippen MR) is 37.1 cm³/mol. The van der Waals surface area contributed by atoms with E-state index < -0.39 is 30.5 Å². The molecule has 0 aliphatic carbocycles. The molecule has 0 spiro atoms. The second-order valence-electron chi connectivity index (χ2n) is 2.55. The molecule has 0 heterocycles. The lowest BCUT2D eigenvalue weighted by Gasteiger charge is -2.09. The van der Waals surface area contributed by atoms with E-state index >= 15 is 0 Å². The van der Waals surface area contributed by atoms with Crippen molar-refractivity contribution in [2.45, 2.75) is 32.5 Å². The summed E-state index contributed by atoms with van der Waals surface area (Å²) >= 11 is 0. The maximum Gasteiger partial charge on any atom is 0.349 e. The number of hydrogen-bond donors (Lipinski definition) is 0. The lowest BCUT2D eigenvalue weighted by molar-refractivity contribution is -0.159.